The molecule has 4 aromatic rings. The standard InChI is InChI=1S/C22H12N2O4/c25-23(26)21-11-3-7-17-15(5-1-9-19(17)21)13-14-16-6-2-10-20-18(16)8-4-12-22(20)24(27)28/h1-12H. The Bertz CT molecular complexity index is 1230. The molecule has 0 radical (unpaired) electrons. The first-order valence-corrected chi connectivity index (χ1v) is 8.40. The first kappa shape index (κ1) is 17.2. The van der Waals surface area contributed by atoms with Crippen LogP contribution in [0.15, 0.2) is 72.8 Å². The second kappa shape index (κ2) is 6.82. The average molecular weight is 368 g/mol. The van der Waals surface area contributed by atoms with Crippen LogP contribution < -0.4 is 0 Å². The van der Waals surface area contributed by atoms with Crippen molar-refractivity contribution in [1.29, 1.82) is 0 Å². The average Bonchev–Trinajstić information content (AvgIpc) is 2.71. The van der Waals surface area contributed by atoms with Gasteiger partial charge >= 0.3 is 0 Å². The SMILES string of the molecule is O=[N+]([O-])c1cccc2c(C#Cc3cccc4c([N+](=O)[O-])cccc34)cccc12. The molecule has 0 aliphatic carbocycles. The Morgan fingerprint density at radius 1 is 0.536 bits per heavy atom. The Morgan fingerprint density at radius 2 is 0.893 bits per heavy atom. The molecule has 0 heterocycles. The summed E-state index contributed by atoms with van der Waals surface area (Å²) in [5.41, 5.74) is 1.37. The number of rotatable bonds is 2. The fraction of sp³-hybridized carbons (Fsp3) is 0. The van der Waals surface area contributed by atoms with Gasteiger partial charge in [0.25, 0.3) is 11.4 Å². The van der Waals surface area contributed by atoms with Gasteiger partial charge in [0, 0.05) is 34.0 Å². The molecule has 6 heteroatoms. The fourth-order valence-corrected chi connectivity index (χ4v) is 3.26. The molecule has 0 spiro atoms. The van der Waals surface area contributed by atoms with Crippen molar-refractivity contribution in [1.82, 2.24) is 0 Å². The lowest BCUT2D eigenvalue weighted by Crippen LogP contribution is -1.91. The number of nitrogens with zero attached hydrogens (tertiary/aromatic N) is 2. The van der Waals surface area contributed by atoms with Crippen molar-refractivity contribution < 1.29 is 9.85 Å². The maximum Gasteiger partial charge on any atom is 0.277 e. The maximum atomic E-state index is 11.3. The maximum absolute atomic E-state index is 11.3. The summed E-state index contributed by atoms with van der Waals surface area (Å²) in [6.07, 6.45) is 0. The molecule has 0 unspecified atom stereocenters. The number of fused-ring (bicyclic) bond motifs is 2. The van der Waals surface area contributed by atoms with E-state index >= 15 is 0 Å². The van der Waals surface area contributed by atoms with Crippen LogP contribution in [-0.2, 0) is 0 Å². The van der Waals surface area contributed by atoms with Crippen molar-refractivity contribution in [2.75, 3.05) is 0 Å². The lowest BCUT2D eigenvalue weighted by atomic mass is 10.0. The van der Waals surface area contributed by atoms with E-state index in [1.165, 1.54) is 12.1 Å². The molecule has 0 saturated carbocycles. The van der Waals surface area contributed by atoms with E-state index in [1.807, 2.05) is 0 Å². The molecule has 4 rings (SSSR count). The smallest absolute Gasteiger partial charge is 0.258 e. The van der Waals surface area contributed by atoms with Gasteiger partial charge in [-0.05, 0) is 24.3 Å². The molecule has 0 aliphatic rings. The molecule has 0 aliphatic heterocycles. The number of hydrogen-bond donors (Lipinski definition) is 0. The highest BCUT2D eigenvalue weighted by Crippen LogP contribution is 2.29. The van der Waals surface area contributed by atoms with Gasteiger partial charge in [-0.25, -0.2) is 0 Å². The molecule has 4 aromatic carbocycles. The van der Waals surface area contributed by atoms with E-state index in [9.17, 15) is 20.2 Å². The summed E-state index contributed by atoms with van der Waals surface area (Å²) < 4.78 is 0. The molecule has 28 heavy (non-hydrogen) atoms. The van der Waals surface area contributed by atoms with Gasteiger partial charge in [-0.3, -0.25) is 20.2 Å². The summed E-state index contributed by atoms with van der Waals surface area (Å²) >= 11 is 0. The van der Waals surface area contributed by atoms with Crippen molar-refractivity contribution in [3.8, 4) is 11.8 Å². The number of benzene rings is 4. The Hall–Kier alpha value is -4.24. The topological polar surface area (TPSA) is 86.3 Å². The Morgan fingerprint density at radius 3 is 1.29 bits per heavy atom. The van der Waals surface area contributed by atoms with E-state index in [1.54, 1.807) is 60.7 Å². The van der Waals surface area contributed by atoms with E-state index in [0.29, 0.717) is 32.7 Å². The van der Waals surface area contributed by atoms with Crippen LogP contribution in [0.5, 0.6) is 0 Å². The minimum atomic E-state index is -0.413. The summed E-state index contributed by atoms with van der Waals surface area (Å²) in [6, 6.07) is 20.2. The van der Waals surface area contributed by atoms with E-state index < -0.39 is 9.85 Å². The number of nitro groups is 2. The minimum Gasteiger partial charge on any atom is -0.258 e. The zero-order chi connectivity index (χ0) is 19.7. The van der Waals surface area contributed by atoms with Crippen molar-refractivity contribution >= 4 is 32.9 Å². The Balaban J connectivity index is 1.89. The van der Waals surface area contributed by atoms with Gasteiger partial charge in [0.1, 0.15) is 0 Å². The van der Waals surface area contributed by atoms with Crippen molar-refractivity contribution in [3.05, 3.63) is 104 Å². The van der Waals surface area contributed by atoms with Gasteiger partial charge in [0.2, 0.25) is 0 Å². The second-order valence-electron chi connectivity index (χ2n) is 6.12. The van der Waals surface area contributed by atoms with Crippen LogP contribution in [0, 0.1) is 32.1 Å². The number of nitro benzene ring substituents is 2. The van der Waals surface area contributed by atoms with Gasteiger partial charge in [-0.2, -0.15) is 0 Å². The summed E-state index contributed by atoms with van der Waals surface area (Å²) in [6.45, 7) is 0. The van der Waals surface area contributed by atoms with E-state index in [2.05, 4.69) is 11.8 Å². The molecule has 0 aromatic heterocycles. The Kier molecular flexibility index (Phi) is 4.18. The molecular weight excluding hydrogens is 356 g/mol. The van der Waals surface area contributed by atoms with E-state index in [-0.39, 0.29) is 11.4 Å². The van der Waals surface area contributed by atoms with Gasteiger partial charge in [-0.1, -0.05) is 48.2 Å². The summed E-state index contributed by atoms with van der Waals surface area (Å²) in [5.74, 6) is 6.14. The fourth-order valence-electron chi connectivity index (χ4n) is 3.26. The summed E-state index contributed by atoms with van der Waals surface area (Å²) in [7, 11) is 0. The third kappa shape index (κ3) is 2.91. The molecule has 6 nitrogen and oxygen atoms in total. The largest absolute Gasteiger partial charge is 0.277 e. The predicted molar refractivity (Wildman–Crippen MR) is 107 cm³/mol. The molecule has 134 valence electrons. The predicted octanol–water partition coefficient (Wildman–Crippen LogP) is 5.21. The molecule has 0 bridgehead atoms. The molecule has 0 saturated heterocycles. The van der Waals surface area contributed by atoms with E-state index in [0.717, 1.165) is 0 Å². The van der Waals surface area contributed by atoms with E-state index in [4.69, 9.17) is 0 Å². The van der Waals surface area contributed by atoms with Crippen LogP contribution in [0.1, 0.15) is 11.1 Å². The van der Waals surface area contributed by atoms with Crippen molar-refractivity contribution in [3.63, 3.8) is 0 Å². The van der Waals surface area contributed by atoms with Gasteiger partial charge in [0.15, 0.2) is 0 Å². The summed E-state index contributed by atoms with van der Waals surface area (Å²) in [4.78, 5) is 21.7. The van der Waals surface area contributed by atoms with Crippen LogP contribution in [0.2, 0.25) is 0 Å². The second-order valence-corrected chi connectivity index (χ2v) is 6.12. The first-order chi connectivity index (χ1) is 13.6. The van der Waals surface area contributed by atoms with Crippen LogP contribution in [0.25, 0.3) is 21.5 Å². The van der Waals surface area contributed by atoms with Crippen molar-refractivity contribution in [2.24, 2.45) is 0 Å². The first-order valence-electron chi connectivity index (χ1n) is 8.40. The third-order valence-electron chi connectivity index (χ3n) is 4.52. The third-order valence-corrected chi connectivity index (χ3v) is 4.52. The molecule has 0 N–H and O–H groups in total. The normalized spacial score (nSPS) is 10.4. The van der Waals surface area contributed by atoms with Crippen LogP contribution in [0.4, 0.5) is 11.4 Å². The zero-order valence-electron chi connectivity index (χ0n) is 14.5. The van der Waals surface area contributed by atoms with Gasteiger partial charge < -0.3 is 0 Å². The quantitative estimate of drug-likeness (QED) is 0.276. The van der Waals surface area contributed by atoms with Gasteiger partial charge in [-0.15, -0.1) is 0 Å². The minimum absolute atomic E-state index is 0.0296. The van der Waals surface area contributed by atoms with Crippen LogP contribution in [0.3, 0.4) is 0 Å². The number of non-ortho nitro benzene ring substituents is 2. The Labute approximate surface area is 159 Å². The highest BCUT2D eigenvalue weighted by atomic mass is 16.6. The lowest BCUT2D eigenvalue weighted by Gasteiger charge is -2.03. The molecular formula is C22H12N2O4. The molecule has 0 atom stereocenters. The van der Waals surface area contributed by atoms with Crippen LogP contribution >= 0.6 is 0 Å². The number of hydrogen-bond acceptors (Lipinski definition) is 4. The highest BCUT2D eigenvalue weighted by Gasteiger charge is 2.13. The van der Waals surface area contributed by atoms with Crippen molar-refractivity contribution in [2.45, 2.75) is 0 Å². The molecule has 0 fully saturated rings. The molecule has 0 amide bonds. The summed E-state index contributed by atoms with van der Waals surface area (Å²) in [5, 5.41) is 24.9. The lowest BCUT2D eigenvalue weighted by molar-refractivity contribution is -0.383. The zero-order valence-corrected chi connectivity index (χ0v) is 14.5. The van der Waals surface area contributed by atoms with Gasteiger partial charge in [0.05, 0.1) is 20.6 Å². The highest BCUT2D eigenvalue weighted by molar-refractivity contribution is 5.96. The monoisotopic (exact) mass is 368 g/mol. The van der Waals surface area contributed by atoms with Crippen LogP contribution in [-0.4, -0.2) is 9.85 Å².